The van der Waals surface area contributed by atoms with Gasteiger partial charge in [0.05, 0.1) is 16.5 Å². The van der Waals surface area contributed by atoms with Gasteiger partial charge in [0.1, 0.15) is 5.82 Å². The standard InChI is InChI=1S/C23H22ClF2NO4/c1-3-4-5-6-14(23(30)31)21-12(2)27(19-11-18(26)20(28)10-15(19)21)22(29)13-7-8-16(24)17(25)9-13/h7-11,14,28H,3-6H2,1-2H3,(H,30,31)/t14-/m0/s1. The molecule has 0 radical (unpaired) electrons. The van der Waals surface area contributed by atoms with Gasteiger partial charge in [0.15, 0.2) is 11.6 Å². The van der Waals surface area contributed by atoms with Crippen LogP contribution in [0.2, 0.25) is 5.02 Å². The Labute approximate surface area is 182 Å². The summed E-state index contributed by atoms with van der Waals surface area (Å²) in [6.07, 6.45) is 2.72. The molecule has 0 saturated heterocycles. The third-order valence-corrected chi connectivity index (χ3v) is 5.74. The van der Waals surface area contributed by atoms with Crippen molar-refractivity contribution in [1.82, 2.24) is 4.57 Å². The van der Waals surface area contributed by atoms with Gasteiger partial charge in [0.2, 0.25) is 0 Å². The van der Waals surface area contributed by atoms with Crippen LogP contribution >= 0.6 is 11.6 Å². The second-order valence-electron chi connectivity index (χ2n) is 7.48. The first-order valence-electron chi connectivity index (χ1n) is 9.93. The maximum absolute atomic E-state index is 14.2. The number of nitrogens with zero attached hydrogens (tertiary/aromatic N) is 1. The lowest BCUT2D eigenvalue weighted by atomic mass is 9.91. The molecule has 0 unspecified atom stereocenters. The monoisotopic (exact) mass is 449 g/mol. The van der Waals surface area contributed by atoms with Crippen LogP contribution < -0.4 is 0 Å². The quantitative estimate of drug-likeness (QED) is 0.432. The number of aromatic nitrogens is 1. The summed E-state index contributed by atoms with van der Waals surface area (Å²) >= 11 is 5.70. The van der Waals surface area contributed by atoms with Crippen LogP contribution in [-0.2, 0) is 4.79 Å². The molecule has 0 aliphatic heterocycles. The molecule has 0 aliphatic rings. The molecule has 0 bridgehead atoms. The zero-order chi connectivity index (χ0) is 22.9. The molecule has 0 fully saturated rings. The molecule has 5 nitrogen and oxygen atoms in total. The first kappa shape index (κ1) is 22.7. The molecule has 164 valence electrons. The Morgan fingerprint density at radius 1 is 1.13 bits per heavy atom. The number of hydrogen-bond donors (Lipinski definition) is 2. The van der Waals surface area contributed by atoms with E-state index in [1.54, 1.807) is 6.92 Å². The number of carbonyl (C=O) groups excluding carboxylic acids is 1. The fraction of sp³-hybridized carbons (Fsp3) is 0.304. The largest absolute Gasteiger partial charge is 0.505 e. The van der Waals surface area contributed by atoms with Crippen LogP contribution in [0.15, 0.2) is 30.3 Å². The molecular formula is C23H22ClF2NO4. The highest BCUT2D eigenvalue weighted by molar-refractivity contribution is 6.30. The molecule has 31 heavy (non-hydrogen) atoms. The van der Waals surface area contributed by atoms with Crippen LogP contribution in [0, 0.1) is 18.6 Å². The van der Waals surface area contributed by atoms with Crippen molar-refractivity contribution in [3.63, 3.8) is 0 Å². The van der Waals surface area contributed by atoms with E-state index < -0.39 is 35.2 Å². The Bertz CT molecular complexity index is 1170. The normalized spacial score (nSPS) is 12.3. The predicted molar refractivity (Wildman–Crippen MR) is 114 cm³/mol. The maximum Gasteiger partial charge on any atom is 0.311 e. The van der Waals surface area contributed by atoms with Crippen molar-refractivity contribution in [3.05, 3.63) is 63.8 Å². The number of halogens is 3. The topological polar surface area (TPSA) is 79.5 Å². The molecule has 0 aliphatic carbocycles. The molecule has 1 aromatic heterocycles. The summed E-state index contributed by atoms with van der Waals surface area (Å²) in [5.41, 5.74) is 0.700. The van der Waals surface area contributed by atoms with Gasteiger partial charge in [-0.05, 0) is 43.2 Å². The van der Waals surface area contributed by atoms with Crippen molar-refractivity contribution in [2.45, 2.75) is 45.4 Å². The number of phenolic OH excluding ortho intramolecular Hbond substituents is 1. The van der Waals surface area contributed by atoms with Crippen LogP contribution in [0.1, 0.15) is 60.1 Å². The number of carbonyl (C=O) groups is 2. The van der Waals surface area contributed by atoms with Crippen LogP contribution in [-0.4, -0.2) is 26.7 Å². The van der Waals surface area contributed by atoms with Crippen LogP contribution in [0.3, 0.4) is 0 Å². The van der Waals surface area contributed by atoms with Gasteiger partial charge in [-0.3, -0.25) is 14.2 Å². The van der Waals surface area contributed by atoms with Gasteiger partial charge in [-0.25, -0.2) is 8.78 Å². The molecule has 1 heterocycles. The van der Waals surface area contributed by atoms with E-state index in [0.29, 0.717) is 24.1 Å². The Hall–Kier alpha value is -2.93. The van der Waals surface area contributed by atoms with Crippen molar-refractivity contribution in [3.8, 4) is 5.75 Å². The Morgan fingerprint density at radius 3 is 2.45 bits per heavy atom. The van der Waals surface area contributed by atoms with Crippen LogP contribution in [0.5, 0.6) is 5.75 Å². The molecule has 3 rings (SSSR count). The summed E-state index contributed by atoms with van der Waals surface area (Å²) in [5, 5.41) is 19.9. The first-order chi connectivity index (χ1) is 14.7. The van der Waals surface area contributed by atoms with Crippen molar-refractivity contribution in [2.24, 2.45) is 0 Å². The minimum Gasteiger partial charge on any atom is -0.505 e. The average molecular weight is 450 g/mol. The van der Waals surface area contributed by atoms with E-state index in [1.165, 1.54) is 12.1 Å². The molecule has 8 heteroatoms. The molecule has 2 aromatic carbocycles. The Morgan fingerprint density at radius 2 is 1.84 bits per heavy atom. The van der Waals surface area contributed by atoms with Crippen LogP contribution in [0.4, 0.5) is 8.78 Å². The molecule has 3 aromatic rings. The maximum atomic E-state index is 14.2. The first-order valence-corrected chi connectivity index (χ1v) is 10.3. The number of carboxylic acids is 1. The van der Waals surface area contributed by atoms with E-state index in [2.05, 4.69) is 0 Å². The molecule has 0 spiro atoms. The number of benzene rings is 2. The SMILES string of the molecule is CCCCC[C@H](C(=O)O)c1c(C)n(C(=O)c2ccc(Cl)c(F)c2)c2cc(F)c(O)cc12. The van der Waals surface area contributed by atoms with Gasteiger partial charge < -0.3 is 10.2 Å². The van der Waals surface area contributed by atoms with Gasteiger partial charge in [-0.1, -0.05) is 37.8 Å². The fourth-order valence-corrected chi connectivity index (χ4v) is 4.02. The Balaban J connectivity index is 2.25. The predicted octanol–water partition coefficient (Wildman–Crippen LogP) is 6.02. The average Bonchev–Trinajstić information content (AvgIpc) is 2.98. The van der Waals surface area contributed by atoms with E-state index >= 15 is 0 Å². The molecule has 1 atom stereocenters. The highest BCUT2D eigenvalue weighted by Gasteiger charge is 2.30. The molecule has 2 N–H and O–H groups in total. The summed E-state index contributed by atoms with van der Waals surface area (Å²) < 4.78 is 29.3. The van der Waals surface area contributed by atoms with Crippen molar-refractivity contribution >= 4 is 34.4 Å². The van der Waals surface area contributed by atoms with E-state index in [0.717, 1.165) is 35.6 Å². The van der Waals surface area contributed by atoms with Gasteiger partial charge in [-0.2, -0.15) is 0 Å². The minimum absolute atomic E-state index is 0.0280. The lowest BCUT2D eigenvalue weighted by Gasteiger charge is -2.14. The van der Waals surface area contributed by atoms with E-state index in [9.17, 15) is 28.6 Å². The highest BCUT2D eigenvalue weighted by Crippen LogP contribution is 2.38. The smallest absolute Gasteiger partial charge is 0.311 e. The third kappa shape index (κ3) is 4.28. The molecular weight excluding hydrogens is 428 g/mol. The number of carboxylic acid groups (broad SMARTS) is 1. The van der Waals surface area contributed by atoms with Crippen molar-refractivity contribution in [2.75, 3.05) is 0 Å². The summed E-state index contributed by atoms with van der Waals surface area (Å²) in [4.78, 5) is 25.3. The van der Waals surface area contributed by atoms with Gasteiger partial charge in [0.25, 0.3) is 5.91 Å². The second-order valence-corrected chi connectivity index (χ2v) is 7.88. The van der Waals surface area contributed by atoms with Crippen LogP contribution in [0.25, 0.3) is 10.9 Å². The lowest BCUT2D eigenvalue weighted by Crippen LogP contribution is -2.16. The summed E-state index contributed by atoms with van der Waals surface area (Å²) in [7, 11) is 0. The number of unbranched alkanes of at least 4 members (excludes halogenated alkanes) is 2. The van der Waals surface area contributed by atoms with Gasteiger partial charge in [-0.15, -0.1) is 0 Å². The summed E-state index contributed by atoms with van der Waals surface area (Å²) in [5.74, 6) is -5.07. The zero-order valence-corrected chi connectivity index (χ0v) is 17.8. The highest BCUT2D eigenvalue weighted by atomic mass is 35.5. The zero-order valence-electron chi connectivity index (χ0n) is 17.1. The van der Waals surface area contributed by atoms with Crippen molar-refractivity contribution < 1.29 is 28.6 Å². The fourth-order valence-electron chi connectivity index (χ4n) is 3.90. The van der Waals surface area contributed by atoms with E-state index in [4.69, 9.17) is 11.6 Å². The molecule has 0 amide bonds. The molecule has 0 saturated carbocycles. The van der Waals surface area contributed by atoms with E-state index in [1.807, 2.05) is 6.92 Å². The number of fused-ring (bicyclic) bond motifs is 1. The summed E-state index contributed by atoms with van der Waals surface area (Å²) in [6.45, 7) is 3.56. The number of phenols is 1. The number of hydrogen-bond acceptors (Lipinski definition) is 3. The van der Waals surface area contributed by atoms with Gasteiger partial charge >= 0.3 is 5.97 Å². The Kier molecular flexibility index (Phi) is 6.65. The van der Waals surface area contributed by atoms with Crippen molar-refractivity contribution in [1.29, 1.82) is 0 Å². The second kappa shape index (κ2) is 9.06. The minimum atomic E-state index is -1.08. The van der Waals surface area contributed by atoms with Gasteiger partial charge in [0, 0.05) is 22.7 Å². The lowest BCUT2D eigenvalue weighted by molar-refractivity contribution is -0.139. The number of aliphatic carboxylic acids is 1. The number of rotatable bonds is 7. The number of aromatic hydroxyl groups is 1. The summed E-state index contributed by atoms with van der Waals surface area (Å²) in [6, 6.07) is 5.67. The van der Waals surface area contributed by atoms with E-state index in [-0.39, 0.29) is 21.5 Å². The third-order valence-electron chi connectivity index (χ3n) is 5.43.